The van der Waals surface area contributed by atoms with Crippen LogP contribution in [0.5, 0.6) is 17.2 Å². The van der Waals surface area contributed by atoms with Crippen molar-refractivity contribution in [3.63, 3.8) is 0 Å². The van der Waals surface area contributed by atoms with Gasteiger partial charge < -0.3 is 32.8 Å². The monoisotopic (exact) mass is 444 g/mol. The Balaban J connectivity index is 2.31. The van der Waals surface area contributed by atoms with Gasteiger partial charge in [-0.2, -0.15) is 0 Å². The molecule has 0 aliphatic carbocycles. The quantitative estimate of drug-likeness (QED) is 0.244. The first kappa shape index (κ1) is 23.6. The highest BCUT2D eigenvalue weighted by Gasteiger charge is 2.20. The minimum atomic E-state index is -0.231. The summed E-state index contributed by atoms with van der Waals surface area (Å²) >= 11 is 0. The van der Waals surface area contributed by atoms with Crippen LogP contribution in [0.15, 0.2) is 45.1 Å². The summed E-state index contributed by atoms with van der Waals surface area (Å²) in [5, 5.41) is 0.720. The Hall–Kier alpha value is -3.07. The van der Waals surface area contributed by atoms with Crippen molar-refractivity contribution in [2.75, 3.05) is 41.7 Å². The van der Waals surface area contributed by atoms with Gasteiger partial charge in [0.05, 0.1) is 5.39 Å². The first-order valence-electron chi connectivity index (χ1n) is 10.0. The van der Waals surface area contributed by atoms with Crippen LogP contribution in [0.3, 0.4) is 0 Å². The molecule has 8 heteroatoms. The topological polar surface area (TPSA) is 85.6 Å². The van der Waals surface area contributed by atoms with E-state index >= 15 is 0 Å². The summed E-state index contributed by atoms with van der Waals surface area (Å²) in [6.07, 6.45) is 2.53. The van der Waals surface area contributed by atoms with Crippen LogP contribution in [0.1, 0.15) is 19.4 Å². The van der Waals surface area contributed by atoms with Crippen LogP contribution < -0.4 is 19.6 Å². The van der Waals surface area contributed by atoms with Gasteiger partial charge in [-0.15, -0.1) is 0 Å². The van der Waals surface area contributed by atoms with Gasteiger partial charge in [0, 0.05) is 39.0 Å². The van der Waals surface area contributed by atoms with E-state index in [2.05, 4.69) is 0 Å². The summed E-state index contributed by atoms with van der Waals surface area (Å²) < 4.78 is 38.1. The number of benzene rings is 2. The van der Waals surface area contributed by atoms with Crippen molar-refractivity contribution < 1.29 is 32.8 Å². The molecule has 8 nitrogen and oxygen atoms in total. The largest absolute Gasteiger partial charge is 0.467 e. The molecular formula is C24H28O8. The highest BCUT2D eigenvalue weighted by molar-refractivity contribution is 5.96. The molecule has 3 aromatic rings. The van der Waals surface area contributed by atoms with Crippen molar-refractivity contribution in [2.45, 2.75) is 20.3 Å². The van der Waals surface area contributed by atoms with Gasteiger partial charge in [-0.3, -0.25) is 4.79 Å². The lowest BCUT2D eigenvalue weighted by Crippen LogP contribution is -2.11. The maximum atomic E-state index is 13.7. The van der Waals surface area contributed by atoms with E-state index in [-0.39, 0.29) is 25.8 Å². The van der Waals surface area contributed by atoms with Crippen LogP contribution in [-0.2, 0) is 20.6 Å². The number of allylic oxidation sites excluding steroid dienone is 2. The molecule has 32 heavy (non-hydrogen) atoms. The molecule has 2 aromatic carbocycles. The zero-order valence-electron chi connectivity index (χ0n) is 19.0. The number of hydrogen-bond acceptors (Lipinski definition) is 8. The van der Waals surface area contributed by atoms with Crippen molar-refractivity contribution in [1.82, 2.24) is 0 Å². The molecule has 172 valence electrons. The summed E-state index contributed by atoms with van der Waals surface area (Å²) in [5.74, 6) is 1.29. The van der Waals surface area contributed by atoms with Gasteiger partial charge in [0.1, 0.15) is 33.8 Å². The molecule has 0 saturated heterocycles. The average Bonchev–Trinajstić information content (AvgIpc) is 2.78. The Morgan fingerprint density at radius 1 is 0.844 bits per heavy atom. The lowest BCUT2D eigenvalue weighted by Gasteiger charge is -2.15. The van der Waals surface area contributed by atoms with E-state index in [0.717, 1.165) is 5.57 Å². The highest BCUT2D eigenvalue weighted by atomic mass is 16.7. The van der Waals surface area contributed by atoms with Crippen molar-refractivity contribution in [1.29, 1.82) is 0 Å². The molecular weight excluding hydrogens is 416 g/mol. The Morgan fingerprint density at radius 3 is 2.16 bits per heavy atom. The van der Waals surface area contributed by atoms with E-state index in [0.29, 0.717) is 51.2 Å². The van der Waals surface area contributed by atoms with Crippen LogP contribution in [0.25, 0.3) is 21.9 Å². The number of fused-ring (bicyclic) bond motifs is 2. The average molecular weight is 444 g/mol. The highest BCUT2D eigenvalue weighted by Crippen LogP contribution is 2.35. The van der Waals surface area contributed by atoms with Crippen LogP contribution >= 0.6 is 0 Å². The van der Waals surface area contributed by atoms with Gasteiger partial charge in [0.25, 0.3) is 0 Å². The van der Waals surface area contributed by atoms with Crippen molar-refractivity contribution in [3.8, 4) is 17.2 Å². The minimum Gasteiger partial charge on any atom is -0.467 e. The molecule has 1 heterocycles. The van der Waals surface area contributed by atoms with Crippen LogP contribution in [0.4, 0.5) is 0 Å². The summed E-state index contributed by atoms with van der Waals surface area (Å²) in [7, 11) is 4.57. The Morgan fingerprint density at radius 2 is 1.50 bits per heavy atom. The molecule has 0 bridgehead atoms. The van der Waals surface area contributed by atoms with Gasteiger partial charge in [-0.1, -0.05) is 11.6 Å². The lowest BCUT2D eigenvalue weighted by molar-refractivity contribution is 0.0467. The van der Waals surface area contributed by atoms with E-state index in [1.165, 1.54) is 14.2 Å². The zero-order chi connectivity index (χ0) is 23.1. The van der Waals surface area contributed by atoms with Gasteiger partial charge in [-0.25, -0.2) is 0 Å². The molecule has 1 aromatic heterocycles. The Bertz CT molecular complexity index is 1160. The molecule has 0 atom stereocenters. The molecule has 0 spiro atoms. The first-order valence-corrected chi connectivity index (χ1v) is 10.0. The van der Waals surface area contributed by atoms with Gasteiger partial charge >= 0.3 is 0 Å². The number of ether oxygens (including phenoxy) is 6. The van der Waals surface area contributed by atoms with E-state index < -0.39 is 0 Å². The maximum Gasteiger partial charge on any atom is 0.204 e. The predicted molar refractivity (Wildman–Crippen MR) is 121 cm³/mol. The van der Waals surface area contributed by atoms with Gasteiger partial charge in [0.15, 0.2) is 20.4 Å². The van der Waals surface area contributed by atoms with E-state index in [4.69, 9.17) is 32.8 Å². The summed E-state index contributed by atoms with van der Waals surface area (Å²) in [4.78, 5) is 13.7. The molecule has 0 N–H and O–H groups in total. The maximum absolute atomic E-state index is 13.7. The van der Waals surface area contributed by atoms with Gasteiger partial charge in [-0.05, 0) is 32.4 Å². The first-order chi connectivity index (χ1) is 15.5. The summed E-state index contributed by atoms with van der Waals surface area (Å²) in [6.45, 7) is 4.06. The van der Waals surface area contributed by atoms with E-state index in [9.17, 15) is 4.79 Å². The second-order valence-electron chi connectivity index (χ2n) is 7.28. The molecule has 3 rings (SSSR count). The fourth-order valence-corrected chi connectivity index (χ4v) is 3.27. The third-order valence-electron chi connectivity index (χ3n) is 4.67. The van der Waals surface area contributed by atoms with Crippen molar-refractivity contribution in [2.24, 2.45) is 0 Å². The fraction of sp³-hybridized carbons (Fsp3) is 0.375. The normalized spacial score (nSPS) is 11.0. The fourth-order valence-electron chi connectivity index (χ4n) is 3.27. The smallest absolute Gasteiger partial charge is 0.204 e. The minimum absolute atomic E-state index is 0.0398. The Kier molecular flexibility index (Phi) is 8.10. The molecule has 0 aliphatic rings. The third kappa shape index (κ3) is 5.21. The second kappa shape index (κ2) is 11.0. The summed E-state index contributed by atoms with van der Waals surface area (Å²) in [6, 6.07) is 6.74. The summed E-state index contributed by atoms with van der Waals surface area (Å²) in [5.41, 5.74) is 2.38. The SMILES string of the molecule is COCOc1cc(OCOC)c2c(=O)c3c(CC=C(C)C)c(OCOC)ccc3oc2c1. The molecule has 0 amide bonds. The number of hydrogen-bond donors (Lipinski definition) is 0. The standard InChI is InChI=1S/C24H28O8/c1-15(2)6-7-17-18(30-13-27-4)8-9-19-22(17)24(25)23-20(31-14-28-5)10-16(29-12-26-3)11-21(23)32-19/h6,8-11H,7,12-14H2,1-5H3. The molecule has 0 radical (unpaired) electrons. The lowest BCUT2D eigenvalue weighted by atomic mass is 10.0. The zero-order valence-corrected chi connectivity index (χ0v) is 19.0. The van der Waals surface area contributed by atoms with Crippen LogP contribution in [0, 0.1) is 0 Å². The third-order valence-corrected chi connectivity index (χ3v) is 4.67. The second-order valence-corrected chi connectivity index (χ2v) is 7.28. The predicted octanol–water partition coefficient (Wildman–Crippen LogP) is 4.40. The van der Waals surface area contributed by atoms with Gasteiger partial charge in [0.2, 0.25) is 5.43 Å². The Labute approximate surface area is 186 Å². The van der Waals surface area contributed by atoms with Crippen LogP contribution in [0.2, 0.25) is 0 Å². The van der Waals surface area contributed by atoms with Crippen LogP contribution in [-0.4, -0.2) is 41.7 Å². The molecule has 0 saturated carbocycles. The molecule has 0 unspecified atom stereocenters. The number of methoxy groups -OCH3 is 3. The van der Waals surface area contributed by atoms with E-state index in [1.807, 2.05) is 19.9 Å². The number of rotatable bonds is 11. The van der Waals surface area contributed by atoms with E-state index in [1.54, 1.807) is 31.4 Å². The molecule has 0 aliphatic heterocycles. The van der Waals surface area contributed by atoms with Crippen molar-refractivity contribution >= 4 is 21.9 Å². The van der Waals surface area contributed by atoms with Crippen molar-refractivity contribution in [3.05, 3.63) is 51.7 Å². The molecule has 0 fully saturated rings.